The first kappa shape index (κ1) is 13.4. The van der Waals surface area contributed by atoms with E-state index in [9.17, 15) is 4.39 Å². The molecule has 5 heteroatoms. The topological polar surface area (TPSA) is 34.2 Å². The zero-order valence-corrected chi connectivity index (χ0v) is 12.6. The molecule has 1 aliphatic heterocycles. The molecule has 0 bridgehead atoms. The van der Waals surface area contributed by atoms with Gasteiger partial charge in [-0.2, -0.15) is 0 Å². The van der Waals surface area contributed by atoms with Crippen molar-refractivity contribution < 1.29 is 9.13 Å². The number of hydrogen-bond acceptors (Lipinski definition) is 3. The van der Waals surface area contributed by atoms with Crippen LogP contribution in [0, 0.1) is 12.7 Å². The average molecular weight is 337 g/mol. The van der Waals surface area contributed by atoms with Crippen molar-refractivity contribution in [3.63, 3.8) is 0 Å². The molecule has 0 radical (unpaired) electrons. The van der Waals surface area contributed by atoms with Crippen molar-refractivity contribution in [1.82, 2.24) is 4.98 Å². The number of halogens is 2. The van der Waals surface area contributed by atoms with Crippen LogP contribution in [0.3, 0.4) is 0 Å². The van der Waals surface area contributed by atoms with Crippen LogP contribution in [-0.4, -0.2) is 11.6 Å². The molecular formula is C15H14BrFN2O. The molecule has 2 aromatic rings. The number of rotatable bonds is 3. The van der Waals surface area contributed by atoms with E-state index >= 15 is 0 Å². The number of ether oxygens (including phenoxy) is 1. The Hall–Kier alpha value is -1.62. The van der Waals surface area contributed by atoms with Gasteiger partial charge in [-0.1, -0.05) is 18.2 Å². The average Bonchev–Trinajstić information content (AvgIpc) is 2.93. The van der Waals surface area contributed by atoms with E-state index in [4.69, 9.17) is 4.74 Å². The molecule has 0 aliphatic carbocycles. The summed E-state index contributed by atoms with van der Waals surface area (Å²) in [5, 5.41) is 3.20. The minimum absolute atomic E-state index is 0.162. The predicted molar refractivity (Wildman–Crippen MR) is 79.6 cm³/mol. The second-order valence-corrected chi connectivity index (χ2v) is 5.62. The zero-order valence-electron chi connectivity index (χ0n) is 11.0. The molecule has 1 aliphatic rings. The van der Waals surface area contributed by atoms with Crippen LogP contribution in [0.1, 0.15) is 16.7 Å². The molecule has 1 N–H and O–H groups in total. The van der Waals surface area contributed by atoms with E-state index in [2.05, 4.69) is 26.2 Å². The van der Waals surface area contributed by atoms with Gasteiger partial charge in [-0.3, -0.25) is 0 Å². The lowest BCUT2D eigenvalue weighted by atomic mass is 10.1. The fourth-order valence-electron chi connectivity index (χ4n) is 2.33. The summed E-state index contributed by atoms with van der Waals surface area (Å²) in [6.07, 6.45) is 2.53. The first-order chi connectivity index (χ1) is 9.66. The monoisotopic (exact) mass is 336 g/mol. The van der Waals surface area contributed by atoms with Gasteiger partial charge in [-0.15, -0.1) is 0 Å². The van der Waals surface area contributed by atoms with Crippen molar-refractivity contribution in [2.24, 2.45) is 0 Å². The number of anilines is 1. The molecule has 2 heterocycles. The van der Waals surface area contributed by atoms with Gasteiger partial charge in [-0.25, -0.2) is 9.37 Å². The van der Waals surface area contributed by atoms with Crippen LogP contribution in [0.15, 0.2) is 28.9 Å². The van der Waals surface area contributed by atoms with Gasteiger partial charge in [0.05, 0.1) is 11.1 Å². The fraction of sp³-hybridized carbons (Fsp3) is 0.267. The maximum absolute atomic E-state index is 13.9. The van der Waals surface area contributed by atoms with Crippen LogP contribution in [-0.2, 0) is 13.0 Å². The summed E-state index contributed by atoms with van der Waals surface area (Å²) >= 11 is 3.42. The lowest BCUT2D eigenvalue weighted by Crippen LogP contribution is -2.06. The Morgan fingerprint density at radius 3 is 3.15 bits per heavy atom. The summed E-state index contributed by atoms with van der Waals surface area (Å²) in [5.41, 5.74) is 2.34. The summed E-state index contributed by atoms with van der Waals surface area (Å²) in [5.74, 6) is 1.44. The molecule has 0 fully saturated rings. The highest BCUT2D eigenvalue weighted by Crippen LogP contribution is 2.36. The highest BCUT2D eigenvalue weighted by Gasteiger charge is 2.20. The Labute approximate surface area is 125 Å². The number of benzene rings is 1. The van der Waals surface area contributed by atoms with E-state index in [0.717, 1.165) is 28.0 Å². The summed E-state index contributed by atoms with van der Waals surface area (Å²) in [6.45, 7) is 2.84. The Balaban J connectivity index is 1.83. The van der Waals surface area contributed by atoms with Crippen molar-refractivity contribution >= 4 is 21.7 Å². The van der Waals surface area contributed by atoms with Crippen LogP contribution < -0.4 is 10.1 Å². The van der Waals surface area contributed by atoms with Crippen LogP contribution in [0.4, 0.5) is 10.2 Å². The molecule has 1 aromatic carbocycles. The molecule has 104 valence electrons. The quantitative estimate of drug-likeness (QED) is 0.924. The predicted octanol–water partition coefficient (Wildman–Crippen LogP) is 3.84. The minimum Gasteiger partial charge on any atom is -0.492 e. The van der Waals surface area contributed by atoms with Crippen molar-refractivity contribution in [2.75, 3.05) is 11.9 Å². The number of nitrogens with one attached hydrogen (secondary N) is 1. The third-order valence-corrected chi connectivity index (χ3v) is 3.97. The smallest absolute Gasteiger partial charge is 0.142 e. The van der Waals surface area contributed by atoms with E-state index < -0.39 is 0 Å². The Morgan fingerprint density at radius 2 is 2.30 bits per heavy atom. The Morgan fingerprint density at radius 1 is 1.45 bits per heavy atom. The van der Waals surface area contributed by atoms with Gasteiger partial charge in [-0.05, 0) is 28.4 Å². The van der Waals surface area contributed by atoms with Gasteiger partial charge in [0.25, 0.3) is 0 Å². The zero-order chi connectivity index (χ0) is 14.1. The number of nitrogens with zero attached hydrogens (tertiary/aromatic N) is 1. The number of hydrogen-bond donors (Lipinski definition) is 1. The van der Waals surface area contributed by atoms with Gasteiger partial charge in [0, 0.05) is 30.3 Å². The highest BCUT2D eigenvalue weighted by molar-refractivity contribution is 9.10. The molecule has 3 rings (SSSR count). The van der Waals surface area contributed by atoms with Gasteiger partial charge >= 0.3 is 0 Å². The van der Waals surface area contributed by atoms with Gasteiger partial charge in [0.1, 0.15) is 17.4 Å². The molecule has 0 saturated heterocycles. The molecule has 0 spiro atoms. The summed E-state index contributed by atoms with van der Waals surface area (Å²) in [6, 6.07) is 5.41. The van der Waals surface area contributed by atoms with Crippen LogP contribution in [0.2, 0.25) is 0 Å². The van der Waals surface area contributed by atoms with Gasteiger partial charge in [0.15, 0.2) is 0 Å². The molecule has 20 heavy (non-hydrogen) atoms. The molecular weight excluding hydrogens is 323 g/mol. The molecule has 0 unspecified atom stereocenters. The maximum atomic E-state index is 13.9. The van der Waals surface area contributed by atoms with Crippen LogP contribution in [0.25, 0.3) is 0 Å². The lowest BCUT2D eigenvalue weighted by molar-refractivity contribution is 0.355. The third kappa shape index (κ3) is 2.38. The molecule has 0 atom stereocenters. The minimum atomic E-state index is -0.162. The maximum Gasteiger partial charge on any atom is 0.142 e. The number of aryl methyl sites for hydroxylation is 1. The Bertz CT molecular complexity index is 661. The summed E-state index contributed by atoms with van der Waals surface area (Å²) in [7, 11) is 0. The largest absolute Gasteiger partial charge is 0.492 e. The van der Waals surface area contributed by atoms with E-state index in [1.807, 2.05) is 6.07 Å². The molecule has 0 amide bonds. The second-order valence-electron chi connectivity index (χ2n) is 4.76. The van der Waals surface area contributed by atoms with Crippen LogP contribution >= 0.6 is 15.9 Å². The number of pyridine rings is 1. The normalized spacial score (nSPS) is 12.9. The summed E-state index contributed by atoms with van der Waals surface area (Å²) in [4.78, 5) is 4.36. The first-order valence-corrected chi connectivity index (χ1v) is 7.24. The van der Waals surface area contributed by atoms with Crippen molar-refractivity contribution in [3.05, 3.63) is 51.4 Å². The molecule has 0 saturated carbocycles. The highest BCUT2D eigenvalue weighted by atomic mass is 79.9. The number of aromatic nitrogens is 1. The van der Waals surface area contributed by atoms with E-state index in [-0.39, 0.29) is 5.82 Å². The van der Waals surface area contributed by atoms with Crippen LogP contribution in [0.5, 0.6) is 5.75 Å². The fourth-order valence-corrected chi connectivity index (χ4v) is 2.78. The number of fused-ring (bicyclic) bond motifs is 1. The van der Waals surface area contributed by atoms with Gasteiger partial charge in [0.2, 0.25) is 0 Å². The van der Waals surface area contributed by atoms with E-state index in [1.54, 1.807) is 25.3 Å². The van der Waals surface area contributed by atoms with E-state index in [1.165, 1.54) is 0 Å². The second kappa shape index (κ2) is 5.40. The summed E-state index contributed by atoms with van der Waals surface area (Å²) < 4.78 is 20.4. The van der Waals surface area contributed by atoms with E-state index in [0.29, 0.717) is 24.3 Å². The standard InChI is InChI=1S/C15H14BrFN2O/c1-9-3-2-4-10(13(9)17)7-18-15-11-5-6-20-14(11)12(16)8-19-15/h2-4,8H,5-7H2,1H3,(H,18,19). The van der Waals surface area contributed by atoms with Gasteiger partial charge < -0.3 is 10.1 Å². The molecule has 3 nitrogen and oxygen atoms in total. The van der Waals surface area contributed by atoms with Crippen molar-refractivity contribution in [1.29, 1.82) is 0 Å². The first-order valence-electron chi connectivity index (χ1n) is 6.45. The van der Waals surface area contributed by atoms with Crippen molar-refractivity contribution in [3.8, 4) is 5.75 Å². The molecule has 1 aromatic heterocycles. The lowest BCUT2D eigenvalue weighted by Gasteiger charge is -2.11. The SMILES string of the molecule is Cc1cccc(CNc2ncc(Br)c3c2CCO3)c1F. The third-order valence-electron chi connectivity index (χ3n) is 3.40. The Kier molecular flexibility index (Phi) is 3.61. The van der Waals surface area contributed by atoms with Crippen molar-refractivity contribution in [2.45, 2.75) is 19.9 Å².